The van der Waals surface area contributed by atoms with Gasteiger partial charge in [-0.2, -0.15) is 0 Å². The first-order valence-electron chi connectivity index (χ1n) is 5.29. The largest absolute Gasteiger partial charge is 0.369 e. The maximum atomic E-state index is 10.9. The van der Waals surface area contributed by atoms with Crippen LogP contribution in [0.15, 0.2) is 0 Å². The van der Waals surface area contributed by atoms with Gasteiger partial charge in [0.05, 0.1) is 0 Å². The smallest absolute Gasteiger partial charge is 0.221 e. The highest BCUT2D eigenvalue weighted by Crippen LogP contribution is 2.16. The SMILES string of the molecule is CNCC1CCN(CC(C)C(N)=O)C1. The van der Waals surface area contributed by atoms with E-state index in [0.717, 1.165) is 32.1 Å². The second kappa shape index (κ2) is 5.32. The minimum atomic E-state index is -0.193. The van der Waals surface area contributed by atoms with Crippen LogP contribution in [0.5, 0.6) is 0 Å². The van der Waals surface area contributed by atoms with E-state index in [2.05, 4.69) is 10.2 Å². The lowest BCUT2D eigenvalue weighted by Gasteiger charge is -2.18. The first-order valence-corrected chi connectivity index (χ1v) is 5.29. The molecule has 1 aliphatic heterocycles. The minimum absolute atomic E-state index is 0.0247. The molecule has 3 N–H and O–H groups in total. The van der Waals surface area contributed by atoms with Crippen molar-refractivity contribution in [2.24, 2.45) is 17.6 Å². The van der Waals surface area contributed by atoms with Crippen LogP contribution in [-0.4, -0.2) is 44.0 Å². The Balaban J connectivity index is 2.25. The molecule has 0 bridgehead atoms. The van der Waals surface area contributed by atoms with Gasteiger partial charge in [-0.25, -0.2) is 0 Å². The topological polar surface area (TPSA) is 58.4 Å². The summed E-state index contributed by atoms with van der Waals surface area (Å²) in [7, 11) is 1.98. The highest BCUT2D eigenvalue weighted by atomic mass is 16.1. The van der Waals surface area contributed by atoms with Gasteiger partial charge in [0.2, 0.25) is 5.91 Å². The Hall–Kier alpha value is -0.610. The summed E-state index contributed by atoms with van der Waals surface area (Å²) in [5.41, 5.74) is 5.23. The number of carbonyl (C=O) groups is 1. The molecule has 4 nitrogen and oxygen atoms in total. The molecule has 0 aromatic carbocycles. The van der Waals surface area contributed by atoms with E-state index in [-0.39, 0.29) is 11.8 Å². The van der Waals surface area contributed by atoms with Crippen molar-refractivity contribution >= 4 is 5.91 Å². The van der Waals surface area contributed by atoms with E-state index >= 15 is 0 Å². The molecule has 0 saturated carbocycles. The number of hydrogen-bond donors (Lipinski definition) is 2. The number of nitrogens with one attached hydrogen (secondary N) is 1. The van der Waals surface area contributed by atoms with Crippen LogP contribution in [0.4, 0.5) is 0 Å². The third-order valence-corrected chi connectivity index (χ3v) is 2.88. The minimum Gasteiger partial charge on any atom is -0.369 e. The highest BCUT2D eigenvalue weighted by Gasteiger charge is 2.24. The molecule has 1 saturated heterocycles. The highest BCUT2D eigenvalue weighted by molar-refractivity contribution is 5.76. The first-order chi connectivity index (χ1) is 6.63. The molecule has 2 atom stereocenters. The molecule has 0 aromatic heterocycles. The predicted octanol–water partition coefficient (Wildman–Crippen LogP) is -0.351. The lowest BCUT2D eigenvalue weighted by molar-refractivity contribution is -0.121. The summed E-state index contributed by atoms with van der Waals surface area (Å²) in [6.45, 7) is 5.98. The Labute approximate surface area is 85.8 Å². The molecule has 0 radical (unpaired) electrons. The Morgan fingerprint density at radius 2 is 2.43 bits per heavy atom. The quantitative estimate of drug-likeness (QED) is 0.636. The molecule has 0 aromatic rings. The van der Waals surface area contributed by atoms with E-state index in [0.29, 0.717) is 0 Å². The molecular formula is C10H21N3O. The average Bonchev–Trinajstić information content (AvgIpc) is 2.53. The summed E-state index contributed by atoms with van der Waals surface area (Å²) in [5.74, 6) is 0.519. The summed E-state index contributed by atoms with van der Waals surface area (Å²) in [4.78, 5) is 13.2. The summed E-state index contributed by atoms with van der Waals surface area (Å²) >= 11 is 0. The van der Waals surface area contributed by atoms with Crippen molar-refractivity contribution in [3.05, 3.63) is 0 Å². The third kappa shape index (κ3) is 3.27. The van der Waals surface area contributed by atoms with E-state index in [1.807, 2.05) is 14.0 Å². The fourth-order valence-electron chi connectivity index (χ4n) is 2.01. The van der Waals surface area contributed by atoms with E-state index in [4.69, 9.17) is 5.73 Å². The zero-order valence-corrected chi connectivity index (χ0v) is 9.12. The van der Waals surface area contributed by atoms with Gasteiger partial charge in [-0.3, -0.25) is 4.79 Å². The first kappa shape index (κ1) is 11.5. The van der Waals surface area contributed by atoms with Crippen LogP contribution >= 0.6 is 0 Å². The molecule has 1 heterocycles. The number of rotatable bonds is 5. The van der Waals surface area contributed by atoms with Gasteiger partial charge >= 0.3 is 0 Å². The van der Waals surface area contributed by atoms with Crippen molar-refractivity contribution < 1.29 is 4.79 Å². The van der Waals surface area contributed by atoms with Crippen LogP contribution in [0, 0.1) is 11.8 Å². The molecule has 1 rings (SSSR count). The fraction of sp³-hybridized carbons (Fsp3) is 0.900. The molecule has 2 unspecified atom stereocenters. The number of hydrogen-bond acceptors (Lipinski definition) is 3. The van der Waals surface area contributed by atoms with Crippen molar-refractivity contribution in [1.29, 1.82) is 0 Å². The van der Waals surface area contributed by atoms with Crippen molar-refractivity contribution in [2.75, 3.05) is 33.2 Å². The maximum Gasteiger partial charge on any atom is 0.221 e. The predicted molar refractivity (Wildman–Crippen MR) is 56.8 cm³/mol. The van der Waals surface area contributed by atoms with Crippen LogP contribution < -0.4 is 11.1 Å². The molecule has 4 heteroatoms. The van der Waals surface area contributed by atoms with Gasteiger partial charge in [0.25, 0.3) is 0 Å². The lowest BCUT2D eigenvalue weighted by atomic mass is 10.1. The Morgan fingerprint density at radius 1 is 1.71 bits per heavy atom. The van der Waals surface area contributed by atoms with Crippen LogP contribution in [0.3, 0.4) is 0 Å². The number of primary amides is 1. The standard InChI is InChI=1S/C10H21N3O/c1-8(10(11)14)6-13-4-3-9(7-13)5-12-2/h8-9,12H,3-7H2,1-2H3,(H2,11,14). The van der Waals surface area contributed by atoms with Crippen molar-refractivity contribution in [1.82, 2.24) is 10.2 Å². The third-order valence-electron chi connectivity index (χ3n) is 2.88. The zero-order valence-electron chi connectivity index (χ0n) is 9.12. The maximum absolute atomic E-state index is 10.9. The van der Waals surface area contributed by atoms with Crippen molar-refractivity contribution in [3.8, 4) is 0 Å². The van der Waals surface area contributed by atoms with E-state index in [1.165, 1.54) is 6.42 Å². The van der Waals surface area contributed by atoms with Crippen LogP contribution in [0.25, 0.3) is 0 Å². The van der Waals surface area contributed by atoms with Gasteiger partial charge in [0.1, 0.15) is 0 Å². The van der Waals surface area contributed by atoms with E-state index < -0.39 is 0 Å². The van der Waals surface area contributed by atoms with E-state index in [1.54, 1.807) is 0 Å². The van der Waals surface area contributed by atoms with Crippen LogP contribution in [0.2, 0.25) is 0 Å². The molecule has 0 spiro atoms. The summed E-state index contributed by atoms with van der Waals surface area (Å²) in [5, 5.41) is 3.19. The van der Waals surface area contributed by atoms with Crippen molar-refractivity contribution in [3.63, 3.8) is 0 Å². The van der Waals surface area contributed by atoms with Gasteiger partial charge in [0.15, 0.2) is 0 Å². The molecule has 1 amide bonds. The Morgan fingerprint density at radius 3 is 3.00 bits per heavy atom. The summed E-state index contributed by atoms with van der Waals surface area (Å²) in [6.07, 6.45) is 1.23. The summed E-state index contributed by atoms with van der Waals surface area (Å²) < 4.78 is 0. The van der Waals surface area contributed by atoms with Gasteiger partial charge in [-0.05, 0) is 32.5 Å². The van der Waals surface area contributed by atoms with Gasteiger partial charge < -0.3 is 16.0 Å². The van der Waals surface area contributed by atoms with Gasteiger partial charge in [-0.15, -0.1) is 0 Å². The molecule has 1 aliphatic rings. The average molecular weight is 199 g/mol. The van der Waals surface area contributed by atoms with Crippen molar-refractivity contribution in [2.45, 2.75) is 13.3 Å². The Bertz CT molecular complexity index is 196. The Kier molecular flexibility index (Phi) is 4.35. The molecule has 0 aliphatic carbocycles. The van der Waals surface area contributed by atoms with Gasteiger partial charge in [0, 0.05) is 19.0 Å². The molecule has 82 valence electrons. The normalized spacial score (nSPS) is 25.1. The number of likely N-dealkylation sites (tertiary alicyclic amines) is 1. The number of nitrogens with two attached hydrogens (primary N) is 1. The van der Waals surface area contributed by atoms with Crippen LogP contribution in [-0.2, 0) is 4.79 Å². The number of nitrogens with zero attached hydrogens (tertiary/aromatic N) is 1. The second-order valence-electron chi connectivity index (χ2n) is 4.28. The van der Waals surface area contributed by atoms with Crippen LogP contribution in [0.1, 0.15) is 13.3 Å². The summed E-state index contributed by atoms with van der Waals surface area (Å²) in [6, 6.07) is 0. The van der Waals surface area contributed by atoms with E-state index in [9.17, 15) is 4.79 Å². The molecule has 14 heavy (non-hydrogen) atoms. The molecular weight excluding hydrogens is 178 g/mol. The zero-order chi connectivity index (χ0) is 10.6. The second-order valence-corrected chi connectivity index (χ2v) is 4.28. The fourth-order valence-corrected chi connectivity index (χ4v) is 2.01. The number of carbonyl (C=O) groups excluding carboxylic acids is 1. The van der Waals surface area contributed by atoms with Gasteiger partial charge in [-0.1, -0.05) is 6.92 Å². The monoisotopic (exact) mass is 199 g/mol. The molecule has 1 fully saturated rings. The lowest BCUT2D eigenvalue weighted by Crippen LogP contribution is -2.34. The number of amides is 1.